The van der Waals surface area contributed by atoms with E-state index in [1.165, 1.54) is 0 Å². The number of benzene rings is 2. The molecule has 0 saturated carbocycles. The van der Waals surface area contributed by atoms with Gasteiger partial charge in [-0.2, -0.15) is 0 Å². The molecule has 1 heterocycles. The highest BCUT2D eigenvalue weighted by Crippen LogP contribution is 2.35. The van der Waals surface area contributed by atoms with Gasteiger partial charge in [-0.1, -0.05) is 49.6 Å². The van der Waals surface area contributed by atoms with Gasteiger partial charge in [0.15, 0.2) is 0 Å². The quantitative estimate of drug-likeness (QED) is 0.768. The molecule has 0 saturated heterocycles. The lowest BCUT2D eigenvalue weighted by molar-refractivity contribution is 0.520. The van der Waals surface area contributed by atoms with Gasteiger partial charge in [0.2, 0.25) is 0 Å². The molecule has 0 aromatic heterocycles. The largest absolute Gasteiger partial charge is 0.632 e. The SMILES string of the molecule is C=Cc1cccc(C(=C)B2Oc3ccccc3O2)c1. The minimum absolute atomic E-state index is 0.461. The zero-order valence-electron chi connectivity index (χ0n) is 10.5. The highest BCUT2D eigenvalue weighted by atomic mass is 16.6. The van der Waals surface area contributed by atoms with Crippen LogP contribution in [0.1, 0.15) is 11.1 Å². The molecule has 2 aromatic carbocycles. The fourth-order valence-corrected chi connectivity index (χ4v) is 2.04. The van der Waals surface area contributed by atoms with Crippen molar-refractivity contribution in [2.45, 2.75) is 0 Å². The van der Waals surface area contributed by atoms with Crippen LogP contribution in [-0.2, 0) is 0 Å². The summed E-state index contributed by atoms with van der Waals surface area (Å²) in [6.45, 7) is 7.85. The summed E-state index contributed by atoms with van der Waals surface area (Å²) in [6, 6.07) is 15.6. The maximum atomic E-state index is 5.75. The van der Waals surface area contributed by atoms with Crippen LogP contribution in [0.15, 0.2) is 61.7 Å². The van der Waals surface area contributed by atoms with Crippen LogP contribution in [0.4, 0.5) is 0 Å². The van der Waals surface area contributed by atoms with Gasteiger partial charge in [-0.3, -0.25) is 0 Å². The second-order valence-corrected chi connectivity index (χ2v) is 4.37. The molecule has 1 aliphatic rings. The Kier molecular flexibility index (Phi) is 2.88. The molecule has 0 atom stereocenters. The second-order valence-electron chi connectivity index (χ2n) is 4.37. The third kappa shape index (κ3) is 2.15. The third-order valence-electron chi connectivity index (χ3n) is 3.09. The Morgan fingerprint density at radius 1 is 1.00 bits per heavy atom. The predicted octanol–water partition coefficient (Wildman–Crippen LogP) is 3.84. The van der Waals surface area contributed by atoms with E-state index in [4.69, 9.17) is 9.31 Å². The summed E-state index contributed by atoms with van der Waals surface area (Å²) in [5, 5.41) is 0. The first-order chi connectivity index (χ1) is 9.28. The monoisotopic (exact) mass is 248 g/mol. The van der Waals surface area contributed by atoms with Gasteiger partial charge in [0.1, 0.15) is 11.5 Å². The van der Waals surface area contributed by atoms with Crippen molar-refractivity contribution in [3.05, 3.63) is 72.8 Å². The van der Waals surface area contributed by atoms with Gasteiger partial charge >= 0.3 is 7.12 Å². The Hall–Kier alpha value is -2.42. The van der Waals surface area contributed by atoms with Gasteiger partial charge in [-0.25, -0.2) is 0 Å². The van der Waals surface area contributed by atoms with E-state index in [0.29, 0.717) is 0 Å². The Labute approximate surface area is 113 Å². The molecule has 0 aliphatic carbocycles. The van der Waals surface area contributed by atoms with E-state index < -0.39 is 7.12 Å². The van der Waals surface area contributed by atoms with E-state index >= 15 is 0 Å². The Morgan fingerprint density at radius 3 is 2.32 bits per heavy atom. The van der Waals surface area contributed by atoms with Gasteiger partial charge in [-0.05, 0) is 29.3 Å². The molecule has 2 nitrogen and oxygen atoms in total. The molecule has 0 N–H and O–H groups in total. The average Bonchev–Trinajstić information content (AvgIpc) is 2.90. The number of hydrogen-bond acceptors (Lipinski definition) is 2. The van der Waals surface area contributed by atoms with E-state index in [1.54, 1.807) is 0 Å². The lowest BCUT2D eigenvalue weighted by Gasteiger charge is -2.09. The molecule has 2 aromatic rings. The van der Waals surface area contributed by atoms with Crippen molar-refractivity contribution in [1.82, 2.24) is 0 Å². The first kappa shape index (κ1) is 11.7. The van der Waals surface area contributed by atoms with Crippen molar-refractivity contribution in [1.29, 1.82) is 0 Å². The zero-order chi connectivity index (χ0) is 13.2. The van der Waals surface area contributed by atoms with Gasteiger partial charge in [0.05, 0.1) is 0 Å². The fraction of sp³-hybridized carbons (Fsp3) is 0. The van der Waals surface area contributed by atoms with Crippen LogP contribution < -0.4 is 9.31 Å². The van der Waals surface area contributed by atoms with E-state index in [1.807, 2.05) is 54.6 Å². The summed E-state index contributed by atoms with van der Waals surface area (Å²) in [7, 11) is -0.461. The van der Waals surface area contributed by atoms with E-state index in [2.05, 4.69) is 13.2 Å². The van der Waals surface area contributed by atoms with Crippen molar-refractivity contribution in [2.24, 2.45) is 0 Å². The standard InChI is InChI=1S/C16H13BO2/c1-3-13-7-6-8-14(11-13)12(2)17-18-15-9-4-5-10-16(15)19-17/h3-11H,1-2H2. The van der Waals surface area contributed by atoms with Crippen molar-refractivity contribution in [3.8, 4) is 11.5 Å². The molecule has 0 unspecified atom stereocenters. The van der Waals surface area contributed by atoms with Crippen LogP contribution in [0.2, 0.25) is 0 Å². The summed E-state index contributed by atoms with van der Waals surface area (Å²) < 4.78 is 11.5. The van der Waals surface area contributed by atoms with Crippen molar-refractivity contribution in [3.63, 3.8) is 0 Å². The summed E-state index contributed by atoms with van der Waals surface area (Å²) in [5.41, 5.74) is 2.85. The van der Waals surface area contributed by atoms with E-state index in [-0.39, 0.29) is 0 Å². The van der Waals surface area contributed by atoms with Crippen molar-refractivity contribution < 1.29 is 9.31 Å². The topological polar surface area (TPSA) is 18.5 Å². The first-order valence-electron chi connectivity index (χ1n) is 6.12. The van der Waals surface area contributed by atoms with Gasteiger partial charge in [0, 0.05) is 5.47 Å². The van der Waals surface area contributed by atoms with E-state index in [0.717, 1.165) is 28.1 Å². The normalized spacial score (nSPS) is 12.3. The molecule has 92 valence electrons. The minimum atomic E-state index is -0.461. The van der Waals surface area contributed by atoms with Crippen molar-refractivity contribution >= 4 is 18.7 Å². The Balaban J connectivity index is 1.84. The molecule has 0 bridgehead atoms. The highest BCUT2D eigenvalue weighted by molar-refractivity contribution is 6.70. The lowest BCUT2D eigenvalue weighted by atomic mass is 9.75. The number of para-hydroxylation sites is 2. The second kappa shape index (κ2) is 4.69. The molecular formula is C16H13BO2. The summed E-state index contributed by atoms with van der Waals surface area (Å²) in [5.74, 6) is 1.52. The lowest BCUT2D eigenvalue weighted by Crippen LogP contribution is -2.26. The number of hydrogen-bond donors (Lipinski definition) is 0. The molecule has 19 heavy (non-hydrogen) atoms. The van der Waals surface area contributed by atoms with Crippen LogP contribution in [0.25, 0.3) is 11.5 Å². The van der Waals surface area contributed by atoms with E-state index in [9.17, 15) is 0 Å². The number of fused-ring (bicyclic) bond motifs is 1. The van der Waals surface area contributed by atoms with Gasteiger partial charge in [-0.15, -0.1) is 0 Å². The molecular weight excluding hydrogens is 235 g/mol. The fourth-order valence-electron chi connectivity index (χ4n) is 2.04. The molecule has 0 fully saturated rings. The van der Waals surface area contributed by atoms with Crippen LogP contribution >= 0.6 is 0 Å². The Morgan fingerprint density at radius 2 is 1.68 bits per heavy atom. The molecule has 0 spiro atoms. The number of rotatable bonds is 3. The predicted molar refractivity (Wildman–Crippen MR) is 79.0 cm³/mol. The van der Waals surface area contributed by atoms with Crippen LogP contribution in [0.3, 0.4) is 0 Å². The molecule has 3 heteroatoms. The van der Waals surface area contributed by atoms with Crippen LogP contribution in [0.5, 0.6) is 11.5 Å². The molecule has 0 radical (unpaired) electrons. The average molecular weight is 248 g/mol. The Bertz CT molecular complexity index is 624. The van der Waals surface area contributed by atoms with Gasteiger partial charge < -0.3 is 9.31 Å². The van der Waals surface area contributed by atoms with Crippen LogP contribution in [0, 0.1) is 0 Å². The van der Waals surface area contributed by atoms with Crippen LogP contribution in [-0.4, -0.2) is 7.12 Å². The molecule has 1 aliphatic heterocycles. The van der Waals surface area contributed by atoms with Crippen molar-refractivity contribution in [2.75, 3.05) is 0 Å². The van der Waals surface area contributed by atoms with Gasteiger partial charge in [0.25, 0.3) is 0 Å². The molecule has 0 amide bonds. The first-order valence-corrected chi connectivity index (χ1v) is 6.12. The summed E-state index contributed by atoms with van der Waals surface area (Å²) >= 11 is 0. The smallest absolute Gasteiger partial charge is 0.519 e. The maximum absolute atomic E-state index is 5.75. The molecule has 3 rings (SSSR count). The zero-order valence-corrected chi connectivity index (χ0v) is 10.5. The highest BCUT2D eigenvalue weighted by Gasteiger charge is 2.35. The minimum Gasteiger partial charge on any atom is -0.519 e. The maximum Gasteiger partial charge on any atom is 0.632 e. The summed E-state index contributed by atoms with van der Waals surface area (Å²) in [4.78, 5) is 0. The third-order valence-corrected chi connectivity index (χ3v) is 3.09. The summed E-state index contributed by atoms with van der Waals surface area (Å²) in [6.07, 6.45) is 1.81.